The van der Waals surface area contributed by atoms with E-state index in [1.165, 1.54) is 29.2 Å². The molecule has 1 saturated heterocycles. The quantitative estimate of drug-likeness (QED) is 0.741. The SMILES string of the molecule is COc1ccccc1C[C@H]1SC(=O)N(CCOc2ccc(F)cc2)C1=O. The van der Waals surface area contributed by atoms with E-state index in [2.05, 4.69) is 0 Å². The second-order valence-corrected chi connectivity index (χ2v) is 6.83. The molecule has 0 bridgehead atoms. The average Bonchev–Trinajstić information content (AvgIpc) is 2.91. The van der Waals surface area contributed by atoms with Crippen LogP contribution in [0.3, 0.4) is 0 Å². The number of nitrogens with zero attached hydrogens (tertiary/aromatic N) is 1. The molecule has 1 heterocycles. The van der Waals surface area contributed by atoms with Crippen LogP contribution in [-0.2, 0) is 11.2 Å². The molecule has 1 fully saturated rings. The van der Waals surface area contributed by atoms with Gasteiger partial charge in [-0.05, 0) is 42.3 Å². The number of rotatable bonds is 7. The van der Waals surface area contributed by atoms with E-state index >= 15 is 0 Å². The summed E-state index contributed by atoms with van der Waals surface area (Å²) < 4.78 is 23.6. The lowest BCUT2D eigenvalue weighted by atomic mass is 10.1. The van der Waals surface area contributed by atoms with Gasteiger partial charge in [-0.1, -0.05) is 30.0 Å². The lowest BCUT2D eigenvalue weighted by Gasteiger charge is -2.15. The molecule has 136 valence electrons. The molecule has 5 nitrogen and oxygen atoms in total. The van der Waals surface area contributed by atoms with Gasteiger partial charge < -0.3 is 9.47 Å². The normalized spacial score (nSPS) is 16.8. The number of imide groups is 1. The number of hydrogen-bond acceptors (Lipinski definition) is 5. The van der Waals surface area contributed by atoms with Gasteiger partial charge in [0.25, 0.3) is 5.24 Å². The maximum Gasteiger partial charge on any atom is 0.289 e. The largest absolute Gasteiger partial charge is 0.496 e. The van der Waals surface area contributed by atoms with Crippen LogP contribution >= 0.6 is 11.8 Å². The molecular weight excluding hydrogens is 357 g/mol. The van der Waals surface area contributed by atoms with Crippen molar-refractivity contribution in [2.24, 2.45) is 0 Å². The Morgan fingerprint density at radius 3 is 2.58 bits per heavy atom. The van der Waals surface area contributed by atoms with E-state index in [9.17, 15) is 14.0 Å². The van der Waals surface area contributed by atoms with Gasteiger partial charge >= 0.3 is 0 Å². The molecular formula is C19H18FNO4S. The first kappa shape index (κ1) is 18.3. The molecule has 1 atom stereocenters. The van der Waals surface area contributed by atoms with Crippen LogP contribution in [0.5, 0.6) is 11.5 Å². The molecule has 0 aromatic heterocycles. The summed E-state index contributed by atoms with van der Waals surface area (Å²) in [7, 11) is 1.58. The van der Waals surface area contributed by atoms with Crippen molar-refractivity contribution in [1.82, 2.24) is 4.90 Å². The number of para-hydroxylation sites is 1. The second kappa shape index (κ2) is 8.23. The second-order valence-electron chi connectivity index (χ2n) is 5.68. The van der Waals surface area contributed by atoms with Crippen LogP contribution in [0, 0.1) is 5.82 Å². The Hall–Kier alpha value is -2.54. The number of halogens is 1. The molecule has 26 heavy (non-hydrogen) atoms. The maximum absolute atomic E-state index is 12.9. The number of amides is 2. The third kappa shape index (κ3) is 4.16. The fraction of sp³-hybridized carbons (Fsp3) is 0.263. The lowest BCUT2D eigenvalue weighted by Crippen LogP contribution is -2.35. The summed E-state index contributed by atoms with van der Waals surface area (Å²) in [5.41, 5.74) is 0.887. The first-order valence-electron chi connectivity index (χ1n) is 8.10. The van der Waals surface area contributed by atoms with Crippen molar-refractivity contribution in [1.29, 1.82) is 0 Å². The first-order chi connectivity index (χ1) is 12.6. The number of methoxy groups -OCH3 is 1. The van der Waals surface area contributed by atoms with E-state index in [0.717, 1.165) is 17.3 Å². The number of hydrogen-bond donors (Lipinski definition) is 0. The average molecular weight is 375 g/mol. The number of thioether (sulfide) groups is 1. The van der Waals surface area contributed by atoms with E-state index < -0.39 is 5.25 Å². The van der Waals surface area contributed by atoms with Gasteiger partial charge in [-0.3, -0.25) is 14.5 Å². The minimum absolute atomic E-state index is 0.157. The molecule has 0 saturated carbocycles. The van der Waals surface area contributed by atoms with Crippen molar-refractivity contribution in [2.75, 3.05) is 20.3 Å². The van der Waals surface area contributed by atoms with E-state index in [1.807, 2.05) is 24.3 Å². The molecule has 0 unspecified atom stereocenters. The molecule has 0 spiro atoms. The van der Waals surface area contributed by atoms with E-state index in [0.29, 0.717) is 17.9 Å². The van der Waals surface area contributed by atoms with Crippen molar-refractivity contribution in [3.63, 3.8) is 0 Å². The van der Waals surface area contributed by atoms with E-state index in [-0.39, 0.29) is 30.1 Å². The predicted octanol–water partition coefficient (Wildman–Crippen LogP) is 3.52. The Morgan fingerprint density at radius 1 is 1.12 bits per heavy atom. The van der Waals surface area contributed by atoms with Crippen LogP contribution in [-0.4, -0.2) is 41.6 Å². The van der Waals surface area contributed by atoms with Gasteiger partial charge in [-0.2, -0.15) is 0 Å². The smallest absolute Gasteiger partial charge is 0.289 e. The van der Waals surface area contributed by atoms with Crippen LogP contribution in [0.1, 0.15) is 5.56 Å². The predicted molar refractivity (Wildman–Crippen MR) is 97.1 cm³/mol. The lowest BCUT2D eigenvalue weighted by molar-refractivity contribution is -0.126. The van der Waals surface area contributed by atoms with Crippen LogP contribution in [0.2, 0.25) is 0 Å². The summed E-state index contributed by atoms with van der Waals surface area (Å²) in [4.78, 5) is 25.9. The zero-order chi connectivity index (χ0) is 18.5. The summed E-state index contributed by atoms with van der Waals surface area (Å²) in [6.45, 7) is 0.315. The van der Waals surface area contributed by atoms with Crippen LogP contribution in [0.15, 0.2) is 48.5 Å². The first-order valence-corrected chi connectivity index (χ1v) is 8.98. The summed E-state index contributed by atoms with van der Waals surface area (Å²) >= 11 is 1.02. The number of benzene rings is 2. The fourth-order valence-corrected chi connectivity index (χ4v) is 3.73. The van der Waals surface area contributed by atoms with E-state index in [1.54, 1.807) is 7.11 Å². The van der Waals surface area contributed by atoms with Crippen molar-refractivity contribution >= 4 is 22.9 Å². The zero-order valence-corrected chi connectivity index (χ0v) is 15.0. The summed E-state index contributed by atoms with van der Waals surface area (Å²) in [5.74, 6) is 0.613. The van der Waals surface area contributed by atoms with Gasteiger partial charge in [-0.15, -0.1) is 0 Å². The van der Waals surface area contributed by atoms with Gasteiger partial charge in [0, 0.05) is 0 Å². The Labute approximate surface area is 155 Å². The number of ether oxygens (including phenoxy) is 2. The van der Waals surface area contributed by atoms with Crippen molar-refractivity contribution in [2.45, 2.75) is 11.7 Å². The molecule has 3 rings (SSSR count). The molecule has 7 heteroatoms. The number of carbonyl (C=O) groups is 2. The van der Waals surface area contributed by atoms with Gasteiger partial charge in [0.15, 0.2) is 0 Å². The Kier molecular flexibility index (Phi) is 5.78. The van der Waals surface area contributed by atoms with Crippen molar-refractivity contribution < 1.29 is 23.5 Å². The minimum Gasteiger partial charge on any atom is -0.496 e. The molecule has 0 N–H and O–H groups in total. The number of carbonyl (C=O) groups excluding carboxylic acids is 2. The van der Waals surface area contributed by atoms with Crippen LogP contribution < -0.4 is 9.47 Å². The zero-order valence-electron chi connectivity index (χ0n) is 14.2. The summed E-state index contributed by atoms with van der Waals surface area (Å²) in [6.07, 6.45) is 0.425. The fourth-order valence-electron chi connectivity index (χ4n) is 2.69. The highest BCUT2D eigenvalue weighted by atomic mass is 32.2. The molecule has 2 amide bonds. The molecule has 0 radical (unpaired) electrons. The third-order valence-electron chi connectivity index (χ3n) is 4.00. The topological polar surface area (TPSA) is 55.8 Å². The van der Waals surface area contributed by atoms with Gasteiger partial charge in [0.1, 0.15) is 23.9 Å². The molecule has 1 aliphatic rings. The highest BCUT2D eigenvalue weighted by Gasteiger charge is 2.39. The van der Waals surface area contributed by atoms with Crippen molar-refractivity contribution in [3.8, 4) is 11.5 Å². The highest BCUT2D eigenvalue weighted by molar-refractivity contribution is 8.15. The summed E-state index contributed by atoms with van der Waals surface area (Å²) in [6, 6.07) is 13.0. The standard InChI is InChI=1S/C19H18FNO4S/c1-24-16-5-3-2-4-13(16)12-17-18(22)21(19(23)26-17)10-11-25-15-8-6-14(20)7-9-15/h2-9,17H,10-12H2,1H3/t17-/m1/s1. The summed E-state index contributed by atoms with van der Waals surface area (Å²) in [5, 5.41) is -0.748. The van der Waals surface area contributed by atoms with Crippen molar-refractivity contribution in [3.05, 3.63) is 59.9 Å². The minimum atomic E-state index is -0.468. The Morgan fingerprint density at radius 2 is 1.85 bits per heavy atom. The van der Waals surface area contributed by atoms with Gasteiger partial charge in [0.05, 0.1) is 18.9 Å². The maximum atomic E-state index is 12.9. The Balaban J connectivity index is 1.57. The third-order valence-corrected chi connectivity index (χ3v) is 5.07. The monoisotopic (exact) mass is 375 g/mol. The molecule has 2 aromatic rings. The molecule has 2 aromatic carbocycles. The van der Waals surface area contributed by atoms with Gasteiger partial charge in [0.2, 0.25) is 5.91 Å². The highest BCUT2D eigenvalue weighted by Crippen LogP contribution is 2.31. The van der Waals surface area contributed by atoms with Gasteiger partial charge in [-0.25, -0.2) is 4.39 Å². The Bertz CT molecular complexity index is 796. The van der Waals surface area contributed by atoms with E-state index in [4.69, 9.17) is 9.47 Å². The van der Waals surface area contributed by atoms with Crippen LogP contribution in [0.25, 0.3) is 0 Å². The molecule has 0 aliphatic carbocycles. The van der Waals surface area contributed by atoms with Crippen LogP contribution in [0.4, 0.5) is 9.18 Å². The molecule has 1 aliphatic heterocycles.